The molecule has 0 amide bonds. The Kier molecular flexibility index (Phi) is 4.18. The molecule has 0 aliphatic carbocycles. The highest BCUT2D eigenvalue weighted by atomic mass is 19.1. The van der Waals surface area contributed by atoms with Crippen LogP contribution >= 0.6 is 0 Å². The van der Waals surface area contributed by atoms with Crippen molar-refractivity contribution in [1.82, 2.24) is 0 Å². The van der Waals surface area contributed by atoms with Crippen molar-refractivity contribution in [3.8, 4) is 11.5 Å². The number of rotatable bonds is 4. The minimum atomic E-state index is -0.343. The molecule has 2 rings (SSSR count). The van der Waals surface area contributed by atoms with Gasteiger partial charge in [0.05, 0.1) is 14.2 Å². The number of methoxy groups -OCH3 is 2. The molecule has 0 saturated carbocycles. The fraction of sp³-hybridized carbons (Fsp3) is 0.125. The summed E-state index contributed by atoms with van der Waals surface area (Å²) in [5, 5.41) is 0. The van der Waals surface area contributed by atoms with E-state index in [2.05, 4.69) is 0 Å². The highest BCUT2D eigenvalue weighted by molar-refractivity contribution is 5.71. The van der Waals surface area contributed by atoms with Gasteiger partial charge in [-0.3, -0.25) is 0 Å². The van der Waals surface area contributed by atoms with Crippen LogP contribution in [0.2, 0.25) is 0 Å². The van der Waals surface area contributed by atoms with Gasteiger partial charge in [0.2, 0.25) is 0 Å². The Labute approximate surface area is 112 Å². The van der Waals surface area contributed by atoms with Crippen molar-refractivity contribution >= 4 is 12.2 Å². The highest BCUT2D eigenvalue weighted by Crippen LogP contribution is 2.30. The van der Waals surface area contributed by atoms with Crippen LogP contribution in [-0.2, 0) is 0 Å². The Morgan fingerprint density at radius 3 is 2.16 bits per heavy atom. The zero-order valence-electron chi connectivity index (χ0n) is 10.9. The lowest BCUT2D eigenvalue weighted by molar-refractivity contribution is 0.352. The first-order chi connectivity index (χ1) is 9.24. The molecule has 2 aromatic rings. The SMILES string of the molecule is COc1cc(F)c(C=Cc2ccccc2)cc1OC. The second-order valence-electron chi connectivity index (χ2n) is 3.97. The molecule has 98 valence electrons. The van der Waals surface area contributed by atoms with Gasteiger partial charge in [0.15, 0.2) is 11.5 Å². The van der Waals surface area contributed by atoms with Crippen LogP contribution < -0.4 is 9.47 Å². The summed E-state index contributed by atoms with van der Waals surface area (Å²) in [6, 6.07) is 12.7. The molecule has 0 unspecified atom stereocenters. The van der Waals surface area contributed by atoms with Gasteiger partial charge in [-0.25, -0.2) is 4.39 Å². The van der Waals surface area contributed by atoms with E-state index in [9.17, 15) is 4.39 Å². The Balaban J connectivity index is 2.33. The van der Waals surface area contributed by atoms with E-state index in [0.717, 1.165) is 5.56 Å². The fourth-order valence-corrected chi connectivity index (χ4v) is 1.75. The summed E-state index contributed by atoms with van der Waals surface area (Å²) in [7, 11) is 3.01. The van der Waals surface area contributed by atoms with Gasteiger partial charge in [0.1, 0.15) is 5.82 Å². The molecule has 0 aromatic heterocycles. The van der Waals surface area contributed by atoms with Crippen molar-refractivity contribution in [2.45, 2.75) is 0 Å². The zero-order chi connectivity index (χ0) is 13.7. The minimum Gasteiger partial charge on any atom is -0.493 e. The quantitative estimate of drug-likeness (QED) is 0.771. The Hall–Kier alpha value is -2.29. The average molecular weight is 258 g/mol. The number of hydrogen-bond donors (Lipinski definition) is 0. The van der Waals surface area contributed by atoms with E-state index in [1.807, 2.05) is 36.4 Å². The van der Waals surface area contributed by atoms with Crippen LogP contribution in [0.3, 0.4) is 0 Å². The van der Waals surface area contributed by atoms with Crippen molar-refractivity contribution in [1.29, 1.82) is 0 Å². The highest BCUT2D eigenvalue weighted by Gasteiger charge is 2.08. The average Bonchev–Trinajstić information content (AvgIpc) is 2.46. The lowest BCUT2D eigenvalue weighted by Crippen LogP contribution is -1.93. The molecule has 0 aliphatic rings. The first kappa shape index (κ1) is 13.1. The largest absolute Gasteiger partial charge is 0.493 e. The standard InChI is InChI=1S/C16H15FO2/c1-18-15-10-13(14(17)11-16(15)19-2)9-8-12-6-4-3-5-7-12/h3-11H,1-2H3. The normalized spacial score (nSPS) is 10.7. The van der Waals surface area contributed by atoms with Crippen molar-refractivity contribution in [3.05, 3.63) is 59.4 Å². The molecule has 0 atom stereocenters. The van der Waals surface area contributed by atoms with Crippen molar-refractivity contribution in [3.63, 3.8) is 0 Å². The second kappa shape index (κ2) is 6.05. The van der Waals surface area contributed by atoms with Gasteiger partial charge in [-0.2, -0.15) is 0 Å². The summed E-state index contributed by atoms with van der Waals surface area (Å²) in [5.74, 6) is 0.554. The topological polar surface area (TPSA) is 18.5 Å². The van der Waals surface area contributed by atoms with Crippen molar-refractivity contribution in [2.75, 3.05) is 14.2 Å². The molecule has 0 N–H and O–H groups in total. The second-order valence-corrected chi connectivity index (χ2v) is 3.97. The molecule has 0 fully saturated rings. The van der Waals surface area contributed by atoms with Crippen LogP contribution in [0.5, 0.6) is 11.5 Å². The van der Waals surface area contributed by atoms with E-state index in [1.54, 1.807) is 12.1 Å². The van der Waals surface area contributed by atoms with Crippen LogP contribution in [-0.4, -0.2) is 14.2 Å². The number of halogens is 1. The summed E-state index contributed by atoms with van der Waals surface area (Å²) in [4.78, 5) is 0. The van der Waals surface area contributed by atoms with E-state index in [-0.39, 0.29) is 5.82 Å². The Morgan fingerprint density at radius 1 is 0.895 bits per heavy atom. The summed E-state index contributed by atoms with van der Waals surface area (Å²) in [6.07, 6.45) is 3.57. The molecule has 0 saturated heterocycles. The van der Waals surface area contributed by atoms with Gasteiger partial charge < -0.3 is 9.47 Å². The van der Waals surface area contributed by atoms with E-state index in [1.165, 1.54) is 20.3 Å². The first-order valence-electron chi connectivity index (χ1n) is 5.89. The maximum Gasteiger partial charge on any atom is 0.163 e. The van der Waals surface area contributed by atoms with Crippen LogP contribution in [0.15, 0.2) is 42.5 Å². The monoisotopic (exact) mass is 258 g/mol. The lowest BCUT2D eigenvalue weighted by Gasteiger charge is -2.08. The van der Waals surface area contributed by atoms with Crippen LogP contribution in [0, 0.1) is 5.82 Å². The Morgan fingerprint density at radius 2 is 1.53 bits per heavy atom. The van der Waals surface area contributed by atoms with Gasteiger partial charge >= 0.3 is 0 Å². The smallest absolute Gasteiger partial charge is 0.163 e. The summed E-state index contributed by atoms with van der Waals surface area (Å²) in [5.41, 5.74) is 1.47. The summed E-state index contributed by atoms with van der Waals surface area (Å²) >= 11 is 0. The predicted molar refractivity (Wildman–Crippen MR) is 74.9 cm³/mol. The first-order valence-corrected chi connectivity index (χ1v) is 5.89. The number of hydrogen-bond acceptors (Lipinski definition) is 2. The van der Waals surface area contributed by atoms with Crippen molar-refractivity contribution < 1.29 is 13.9 Å². The molecule has 3 heteroatoms. The van der Waals surface area contributed by atoms with Crippen LogP contribution in [0.1, 0.15) is 11.1 Å². The van der Waals surface area contributed by atoms with Crippen LogP contribution in [0.25, 0.3) is 12.2 Å². The molecule has 19 heavy (non-hydrogen) atoms. The van der Waals surface area contributed by atoms with E-state index < -0.39 is 0 Å². The molecule has 0 bridgehead atoms. The van der Waals surface area contributed by atoms with Gasteiger partial charge in [0, 0.05) is 11.6 Å². The maximum atomic E-state index is 13.9. The third kappa shape index (κ3) is 3.13. The fourth-order valence-electron chi connectivity index (χ4n) is 1.75. The van der Waals surface area contributed by atoms with Gasteiger partial charge in [0.25, 0.3) is 0 Å². The molecule has 2 nitrogen and oxygen atoms in total. The number of ether oxygens (including phenoxy) is 2. The molecule has 2 aromatic carbocycles. The molecular weight excluding hydrogens is 243 g/mol. The molecule has 0 spiro atoms. The van der Waals surface area contributed by atoms with Crippen molar-refractivity contribution in [2.24, 2.45) is 0 Å². The van der Waals surface area contributed by atoms with E-state index in [4.69, 9.17) is 9.47 Å². The third-order valence-corrected chi connectivity index (χ3v) is 2.76. The predicted octanol–water partition coefficient (Wildman–Crippen LogP) is 4.01. The molecule has 0 heterocycles. The van der Waals surface area contributed by atoms with E-state index in [0.29, 0.717) is 17.1 Å². The minimum absolute atomic E-state index is 0.343. The maximum absolute atomic E-state index is 13.9. The Bertz CT molecular complexity index is 577. The molecule has 0 radical (unpaired) electrons. The van der Waals surface area contributed by atoms with Gasteiger partial charge in [-0.1, -0.05) is 42.5 Å². The van der Waals surface area contributed by atoms with E-state index >= 15 is 0 Å². The van der Waals surface area contributed by atoms with Gasteiger partial charge in [-0.05, 0) is 11.6 Å². The molecular formula is C16H15FO2. The van der Waals surface area contributed by atoms with Gasteiger partial charge in [-0.15, -0.1) is 0 Å². The number of benzene rings is 2. The summed E-state index contributed by atoms with van der Waals surface area (Å²) in [6.45, 7) is 0. The summed E-state index contributed by atoms with van der Waals surface area (Å²) < 4.78 is 24.1. The lowest BCUT2D eigenvalue weighted by atomic mass is 10.1. The third-order valence-electron chi connectivity index (χ3n) is 2.76. The zero-order valence-corrected chi connectivity index (χ0v) is 10.9. The molecule has 0 aliphatic heterocycles. The van der Waals surface area contributed by atoms with Crippen LogP contribution in [0.4, 0.5) is 4.39 Å².